The second kappa shape index (κ2) is 29.3. The van der Waals surface area contributed by atoms with Gasteiger partial charge in [0.05, 0.1) is 0 Å². The molecule has 2 unspecified atom stereocenters. The molecule has 0 aliphatic carbocycles. The molecule has 2 rings (SSSR count). The Kier molecular flexibility index (Phi) is 25.2. The number of hydrogen-bond donors (Lipinski definition) is 6. The van der Waals surface area contributed by atoms with Crippen molar-refractivity contribution in [1.82, 2.24) is 31.0 Å². The molecule has 14 nitrogen and oxygen atoms in total. The summed E-state index contributed by atoms with van der Waals surface area (Å²) in [5.41, 5.74) is 11.0. The van der Waals surface area contributed by atoms with E-state index in [1.165, 1.54) is 0 Å². The molecule has 0 fully saturated rings. The molecule has 0 aromatic carbocycles. The first-order valence-corrected chi connectivity index (χ1v) is 19.9. The van der Waals surface area contributed by atoms with Crippen molar-refractivity contribution in [2.24, 2.45) is 0 Å². The molecule has 2 atom stereocenters. The third-order valence-corrected chi connectivity index (χ3v) is 9.32. The molecule has 0 aliphatic heterocycles. The number of nitrogens with two attached hydrogens (primary N) is 2. The molecule has 8 N–H and O–H groups in total. The highest BCUT2D eigenvalue weighted by Crippen LogP contribution is 2.17. The molecule has 2 aromatic rings. The lowest BCUT2D eigenvalue weighted by molar-refractivity contribution is -0.130. The Morgan fingerprint density at radius 1 is 0.490 bits per heavy atom. The third kappa shape index (κ3) is 23.8. The van der Waals surface area contributed by atoms with Crippen LogP contribution in [0.4, 0.5) is 12.0 Å². The molecule has 0 spiro atoms. The first-order chi connectivity index (χ1) is 24.9. The van der Waals surface area contributed by atoms with Crippen LogP contribution in [0.1, 0.15) is 172 Å². The van der Waals surface area contributed by atoms with Gasteiger partial charge in [0.2, 0.25) is 23.6 Å². The zero-order valence-corrected chi connectivity index (χ0v) is 31.1. The average molecular weight is 721 g/mol. The van der Waals surface area contributed by atoms with Crippen molar-refractivity contribution in [3.63, 3.8) is 0 Å². The molecule has 2 heterocycles. The first kappa shape index (κ1) is 43.9. The quantitative estimate of drug-likeness (QED) is 0.0355. The zero-order valence-electron chi connectivity index (χ0n) is 31.1. The highest BCUT2D eigenvalue weighted by atomic mass is 16.4. The minimum absolute atomic E-state index is 0.0522. The molecule has 292 valence electrons. The lowest BCUT2D eigenvalue weighted by Gasteiger charge is -2.21. The van der Waals surface area contributed by atoms with Crippen LogP contribution in [0.15, 0.2) is 8.83 Å². The van der Waals surface area contributed by atoms with Gasteiger partial charge in [0.1, 0.15) is 6.42 Å². The van der Waals surface area contributed by atoms with Gasteiger partial charge in [0.25, 0.3) is 0 Å². The highest BCUT2D eigenvalue weighted by Gasteiger charge is 2.18. The monoisotopic (exact) mass is 721 g/mol. The molecule has 0 bridgehead atoms. The van der Waals surface area contributed by atoms with Gasteiger partial charge in [0.15, 0.2) is 0 Å². The molecule has 0 aliphatic rings. The van der Waals surface area contributed by atoms with E-state index in [0.29, 0.717) is 11.8 Å². The molecule has 2 aromatic heterocycles. The molecule has 2 amide bonds. The second-order valence-electron chi connectivity index (χ2n) is 13.9. The number of carbonyl (C=O) groups excluding carboxylic acids is 2. The first-order valence-electron chi connectivity index (χ1n) is 19.9. The maximum atomic E-state index is 13.1. The molecule has 0 saturated heterocycles. The number of aromatic nitrogens is 4. The average Bonchev–Trinajstić information content (AvgIpc) is 3.73. The topological polar surface area (TPSA) is 229 Å². The minimum Gasteiger partial charge on any atom is -0.408 e. The van der Waals surface area contributed by atoms with E-state index in [4.69, 9.17) is 30.5 Å². The van der Waals surface area contributed by atoms with Gasteiger partial charge in [-0.2, -0.15) is 0 Å². The molecule has 0 radical (unpaired) electrons. The molecular weight excluding hydrogens is 652 g/mol. The smallest absolute Gasteiger partial charge is 0.312 e. The normalized spacial score (nSPS) is 12.6. The number of aryl methyl sites for hydroxylation is 2. The zero-order chi connectivity index (χ0) is 36.8. The maximum absolute atomic E-state index is 13.1. The lowest BCUT2D eigenvalue weighted by atomic mass is 9.99. The fraction of sp³-hybridized carbons (Fsp3) is 0.838. The Morgan fingerprint density at radius 3 is 1.12 bits per heavy atom. The predicted molar refractivity (Wildman–Crippen MR) is 198 cm³/mol. The fourth-order valence-electron chi connectivity index (χ4n) is 6.48. The maximum Gasteiger partial charge on any atom is 0.312 e. The molecule has 0 saturated carbocycles. The summed E-state index contributed by atoms with van der Waals surface area (Å²) in [4.78, 5) is 26.2. The van der Waals surface area contributed by atoms with Gasteiger partial charge in [-0.25, -0.2) is 0 Å². The number of amides is 2. The van der Waals surface area contributed by atoms with E-state index in [0.717, 1.165) is 167 Å². The van der Waals surface area contributed by atoms with Crippen molar-refractivity contribution < 1.29 is 28.6 Å². The Labute approximate surface area is 305 Å². The van der Waals surface area contributed by atoms with Gasteiger partial charge in [-0.05, 0) is 51.4 Å². The van der Waals surface area contributed by atoms with E-state index in [9.17, 15) is 9.59 Å². The lowest BCUT2D eigenvalue weighted by Crippen LogP contribution is -2.41. The van der Waals surface area contributed by atoms with Crippen molar-refractivity contribution >= 4 is 23.8 Å². The summed E-state index contributed by atoms with van der Waals surface area (Å²) in [6.45, 7) is 0.463. The van der Waals surface area contributed by atoms with Crippen molar-refractivity contribution in [2.75, 3.05) is 24.7 Å². The van der Waals surface area contributed by atoms with E-state index in [-0.39, 0.29) is 55.6 Å². The van der Waals surface area contributed by atoms with Crippen LogP contribution in [0.5, 0.6) is 0 Å². The SMILES string of the molecule is Nc1nnc(CCCCCCCC(CCCCCCCO)NC(=O)CC(=O)NC(CCCCCCCO)CCCCCCCc2nnc(N)o2)o1. The number of aliphatic hydroxyl groups is 2. The summed E-state index contributed by atoms with van der Waals surface area (Å²) in [6.07, 6.45) is 25.3. The Hall–Kier alpha value is -3.26. The number of hydrogen-bond acceptors (Lipinski definition) is 12. The van der Waals surface area contributed by atoms with Crippen molar-refractivity contribution in [3.8, 4) is 0 Å². The number of rotatable bonds is 34. The largest absolute Gasteiger partial charge is 0.408 e. The van der Waals surface area contributed by atoms with E-state index in [1.807, 2.05) is 0 Å². The van der Waals surface area contributed by atoms with Gasteiger partial charge in [-0.1, -0.05) is 113 Å². The van der Waals surface area contributed by atoms with Crippen molar-refractivity contribution in [3.05, 3.63) is 11.8 Å². The van der Waals surface area contributed by atoms with E-state index in [1.54, 1.807) is 0 Å². The van der Waals surface area contributed by atoms with E-state index in [2.05, 4.69) is 31.0 Å². The van der Waals surface area contributed by atoms with Crippen molar-refractivity contribution in [2.45, 2.75) is 185 Å². The van der Waals surface area contributed by atoms with Crippen LogP contribution in [0.25, 0.3) is 0 Å². The predicted octanol–water partition coefficient (Wildman–Crippen LogP) is 6.11. The fourth-order valence-corrected chi connectivity index (χ4v) is 6.48. The van der Waals surface area contributed by atoms with Crippen molar-refractivity contribution in [1.29, 1.82) is 0 Å². The summed E-state index contributed by atoms with van der Waals surface area (Å²) in [6, 6.07) is 0.315. The molecule has 14 heteroatoms. The number of nitrogens with one attached hydrogen (secondary N) is 2. The van der Waals surface area contributed by atoms with Gasteiger partial charge in [-0.15, -0.1) is 10.2 Å². The highest BCUT2D eigenvalue weighted by molar-refractivity contribution is 5.97. The van der Waals surface area contributed by atoms with Gasteiger partial charge in [-0.3, -0.25) is 9.59 Å². The van der Waals surface area contributed by atoms with Gasteiger partial charge in [0, 0.05) is 38.1 Å². The number of anilines is 2. The Bertz CT molecular complexity index is 1060. The van der Waals surface area contributed by atoms with Crippen LogP contribution in [-0.2, 0) is 22.4 Å². The van der Waals surface area contributed by atoms with Crippen LogP contribution in [0, 0.1) is 0 Å². The van der Waals surface area contributed by atoms with Crippen LogP contribution < -0.4 is 22.1 Å². The second-order valence-corrected chi connectivity index (χ2v) is 13.9. The van der Waals surface area contributed by atoms with Gasteiger partial charge >= 0.3 is 12.0 Å². The summed E-state index contributed by atoms with van der Waals surface area (Å²) in [5.74, 6) is 0.745. The van der Waals surface area contributed by atoms with E-state index < -0.39 is 0 Å². The Balaban J connectivity index is 1.74. The minimum atomic E-state index is -0.206. The third-order valence-electron chi connectivity index (χ3n) is 9.32. The number of unbranched alkanes of at least 4 members (excludes halogenated alkanes) is 16. The van der Waals surface area contributed by atoms with Crippen LogP contribution >= 0.6 is 0 Å². The van der Waals surface area contributed by atoms with Crippen LogP contribution in [0.3, 0.4) is 0 Å². The standard InChI is InChI=1S/C37H68N8O6/c38-36-44-42-34(50-36)25-17-9-1-5-13-21-30(23-15-7-3-11-19-27-46)40-32(48)29-33(49)41-31(24-16-8-4-12-20-28-47)22-14-6-2-10-18-26-35-43-45-37(39)51-35/h30-31,46-47H,1-29H2,(H2,38,44)(H2,39,45)(H,40,48)(H,41,49). The van der Waals surface area contributed by atoms with Crippen LogP contribution in [-0.4, -0.2) is 67.7 Å². The molecule has 51 heavy (non-hydrogen) atoms. The summed E-state index contributed by atoms with van der Waals surface area (Å²) in [7, 11) is 0. The van der Waals surface area contributed by atoms with E-state index >= 15 is 0 Å². The number of carbonyl (C=O) groups is 2. The summed E-state index contributed by atoms with van der Waals surface area (Å²) in [5, 5.41) is 39.7. The number of nitrogen functional groups attached to an aromatic ring is 2. The Morgan fingerprint density at radius 2 is 0.804 bits per heavy atom. The summed E-state index contributed by atoms with van der Waals surface area (Å²) < 4.78 is 10.5. The van der Waals surface area contributed by atoms with Crippen LogP contribution in [0.2, 0.25) is 0 Å². The molecular formula is C37H68N8O6. The van der Waals surface area contributed by atoms with Gasteiger partial charge < -0.3 is 41.1 Å². The summed E-state index contributed by atoms with van der Waals surface area (Å²) >= 11 is 0. The number of nitrogens with zero attached hydrogens (tertiary/aromatic N) is 4. The number of aliphatic hydroxyl groups excluding tert-OH is 2.